The minimum atomic E-state index is -0.362. The van der Waals surface area contributed by atoms with Crippen LogP contribution in [0.25, 0.3) is 0 Å². The molecule has 2 aliphatic heterocycles. The van der Waals surface area contributed by atoms with Crippen LogP contribution in [0.4, 0.5) is 0 Å². The molecule has 2 rings (SSSR count). The number of carbonyl (C=O) groups excluding carboxylic acids is 2. The van der Waals surface area contributed by atoms with E-state index < -0.39 is 0 Å². The Morgan fingerprint density at radius 2 is 1.55 bits per heavy atom. The van der Waals surface area contributed by atoms with E-state index in [2.05, 4.69) is 18.7 Å². The largest absolute Gasteiger partial charge is 0.342 e. The van der Waals surface area contributed by atoms with Gasteiger partial charge in [0.2, 0.25) is 11.8 Å². The Morgan fingerprint density at radius 3 is 2.09 bits per heavy atom. The van der Waals surface area contributed by atoms with Crippen molar-refractivity contribution >= 4 is 11.8 Å². The summed E-state index contributed by atoms with van der Waals surface area (Å²) in [5.74, 6) is 1.61. The Bertz CT molecular complexity index is 417. The van der Waals surface area contributed by atoms with E-state index in [4.69, 9.17) is 0 Å². The van der Waals surface area contributed by atoms with Crippen LogP contribution >= 0.6 is 0 Å². The number of piperidine rings is 2. The number of likely N-dealkylation sites (tertiary alicyclic amines) is 2. The van der Waals surface area contributed by atoms with Gasteiger partial charge in [0.1, 0.15) is 0 Å². The van der Waals surface area contributed by atoms with Crippen molar-refractivity contribution < 1.29 is 9.59 Å². The zero-order valence-corrected chi connectivity index (χ0v) is 14.9. The lowest BCUT2D eigenvalue weighted by molar-refractivity contribution is -0.146. The fraction of sp³-hybridized carbons (Fsp3) is 0.889. The molecule has 0 spiro atoms. The molecule has 22 heavy (non-hydrogen) atoms. The van der Waals surface area contributed by atoms with Gasteiger partial charge >= 0.3 is 0 Å². The van der Waals surface area contributed by atoms with E-state index in [1.54, 1.807) is 0 Å². The highest BCUT2D eigenvalue weighted by molar-refractivity contribution is 5.84. The van der Waals surface area contributed by atoms with Crippen LogP contribution < -0.4 is 0 Å². The number of hydrogen-bond donors (Lipinski definition) is 0. The van der Waals surface area contributed by atoms with Crippen LogP contribution in [-0.2, 0) is 9.59 Å². The van der Waals surface area contributed by atoms with Gasteiger partial charge in [-0.3, -0.25) is 9.59 Å². The van der Waals surface area contributed by atoms with Gasteiger partial charge in [0, 0.05) is 31.6 Å². The smallest absolute Gasteiger partial charge is 0.227 e. The fourth-order valence-corrected chi connectivity index (χ4v) is 3.94. The van der Waals surface area contributed by atoms with Crippen LogP contribution in [0.3, 0.4) is 0 Å². The maximum absolute atomic E-state index is 12.9. The maximum atomic E-state index is 12.9. The third kappa shape index (κ3) is 4.02. The minimum absolute atomic E-state index is 0.00227. The van der Waals surface area contributed by atoms with Crippen molar-refractivity contribution in [2.75, 3.05) is 26.2 Å². The summed E-state index contributed by atoms with van der Waals surface area (Å²) in [7, 11) is 0. The van der Waals surface area contributed by atoms with Crippen LogP contribution in [0.5, 0.6) is 0 Å². The van der Waals surface area contributed by atoms with E-state index in [1.165, 1.54) is 6.42 Å². The number of amides is 2. The Kier molecular flexibility index (Phi) is 5.18. The summed E-state index contributed by atoms with van der Waals surface area (Å²) in [5.41, 5.74) is -0.362. The third-order valence-corrected chi connectivity index (χ3v) is 4.88. The van der Waals surface area contributed by atoms with Crippen molar-refractivity contribution in [1.29, 1.82) is 0 Å². The molecule has 2 heterocycles. The lowest BCUT2D eigenvalue weighted by atomic mass is 9.88. The molecule has 0 aromatic heterocycles. The lowest BCUT2D eigenvalue weighted by Gasteiger charge is -2.40. The molecule has 0 N–H and O–H groups in total. The van der Waals surface area contributed by atoms with E-state index in [-0.39, 0.29) is 23.1 Å². The molecular formula is C18H32N2O2. The zero-order valence-electron chi connectivity index (χ0n) is 14.9. The first kappa shape index (κ1) is 17.3. The molecule has 2 saturated heterocycles. The quantitative estimate of drug-likeness (QED) is 0.747. The van der Waals surface area contributed by atoms with E-state index in [0.717, 1.165) is 32.5 Å². The highest BCUT2D eigenvalue weighted by Gasteiger charge is 2.36. The molecular weight excluding hydrogens is 276 g/mol. The van der Waals surface area contributed by atoms with E-state index >= 15 is 0 Å². The van der Waals surface area contributed by atoms with Gasteiger partial charge in [0.05, 0.1) is 5.92 Å². The van der Waals surface area contributed by atoms with E-state index in [9.17, 15) is 9.59 Å². The van der Waals surface area contributed by atoms with Gasteiger partial charge in [-0.15, -0.1) is 0 Å². The molecule has 0 aliphatic carbocycles. The van der Waals surface area contributed by atoms with Crippen molar-refractivity contribution in [3.63, 3.8) is 0 Å². The van der Waals surface area contributed by atoms with Gasteiger partial charge in [-0.2, -0.15) is 0 Å². The zero-order chi connectivity index (χ0) is 16.5. The van der Waals surface area contributed by atoms with Crippen molar-refractivity contribution in [2.24, 2.45) is 23.2 Å². The highest BCUT2D eigenvalue weighted by Crippen LogP contribution is 2.27. The summed E-state index contributed by atoms with van der Waals surface area (Å²) in [5, 5.41) is 0. The highest BCUT2D eigenvalue weighted by atomic mass is 16.2. The second kappa shape index (κ2) is 6.59. The summed E-state index contributed by atoms with van der Waals surface area (Å²) in [6.07, 6.45) is 3.08. The first-order valence-electron chi connectivity index (χ1n) is 8.76. The van der Waals surface area contributed by atoms with E-state index in [0.29, 0.717) is 18.4 Å². The van der Waals surface area contributed by atoms with Gasteiger partial charge < -0.3 is 9.80 Å². The van der Waals surface area contributed by atoms with Crippen molar-refractivity contribution in [3.05, 3.63) is 0 Å². The Labute approximate surface area is 135 Å². The van der Waals surface area contributed by atoms with Crippen molar-refractivity contribution in [1.82, 2.24) is 9.80 Å². The third-order valence-electron chi connectivity index (χ3n) is 4.88. The second-order valence-electron chi connectivity index (χ2n) is 8.53. The lowest BCUT2D eigenvalue weighted by Crippen LogP contribution is -2.51. The molecule has 4 nitrogen and oxygen atoms in total. The summed E-state index contributed by atoms with van der Waals surface area (Å²) in [6.45, 7) is 13.5. The molecule has 126 valence electrons. The van der Waals surface area contributed by atoms with Gasteiger partial charge in [-0.25, -0.2) is 0 Å². The molecule has 2 aliphatic rings. The van der Waals surface area contributed by atoms with Crippen LogP contribution in [0, 0.1) is 23.2 Å². The molecule has 0 unspecified atom stereocenters. The maximum Gasteiger partial charge on any atom is 0.227 e. The molecule has 4 heteroatoms. The summed E-state index contributed by atoms with van der Waals surface area (Å²) < 4.78 is 0. The summed E-state index contributed by atoms with van der Waals surface area (Å²) in [6, 6.07) is 0. The SMILES string of the molecule is C[C@@H]1C[C@@H](C)CN(C(=O)[C@H]2CCCN(C(=O)C(C)(C)C)C2)C1. The summed E-state index contributed by atoms with van der Waals surface area (Å²) >= 11 is 0. The van der Waals surface area contributed by atoms with Crippen molar-refractivity contribution in [2.45, 2.75) is 53.9 Å². The molecule has 0 aromatic rings. The molecule has 2 fully saturated rings. The van der Waals surface area contributed by atoms with E-state index in [1.807, 2.05) is 25.7 Å². The van der Waals surface area contributed by atoms with Gasteiger partial charge in [0.25, 0.3) is 0 Å². The normalized spacial score (nSPS) is 30.3. The van der Waals surface area contributed by atoms with Gasteiger partial charge in [0.15, 0.2) is 0 Å². The average molecular weight is 308 g/mol. The second-order valence-corrected chi connectivity index (χ2v) is 8.53. The average Bonchev–Trinajstić information content (AvgIpc) is 2.43. The summed E-state index contributed by atoms with van der Waals surface area (Å²) in [4.78, 5) is 29.3. The Balaban J connectivity index is 2.00. The first-order chi connectivity index (χ1) is 10.2. The number of rotatable bonds is 1. The predicted molar refractivity (Wildman–Crippen MR) is 88.3 cm³/mol. The molecule has 3 atom stereocenters. The van der Waals surface area contributed by atoms with Gasteiger partial charge in [-0.05, 0) is 31.1 Å². The van der Waals surface area contributed by atoms with Crippen molar-refractivity contribution in [3.8, 4) is 0 Å². The molecule has 0 bridgehead atoms. The molecule has 2 amide bonds. The molecule has 0 radical (unpaired) electrons. The monoisotopic (exact) mass is 308 g/mol. The van der Waals surface area contributed by atoms with Crippen LogP contribution in [0.1, 0.15) is 53.9 Å². The first-order valence-corrected chi connectivity index (χ1v) is 8.76. The Morgan fingerprint density at radius 1 is 0.955 bits per heavy atom. The van der Waals surface area contributed by atoms with Crippen LogP contribution in [-0.4, -0.2) is 47.8 Å². The minimum Gasteiger partial charge on any atom is -0.342 e. The van der Waals surface area contributed by atoms with Gasteiger partial charge in [-0.1, -0.05) is 34.6 Å². The Hall–Kier alpha value is -1.06. The van der Waals surface area contributed by atoms with Crippen LogP contribution in [0.2, 0.25) is 0 Å². The predicted octanol–water partition coefficient (Wildman–Crippen LogP) is 2.78. The fourth-order valence-electron chi connectivity index (χ4n) is 3.94. The standard InChI is InChI=1S/C18H32N2O2/c1-13-9-14(2)11-20(10-13)16(21)15-7-6-8-19(12-15)17(22)18(3,4)5/h13-15H,6-12H2,1-5H3/t13-,14-,15+/m1/s1. The molecule has 0 saturated carbocycles. The topological polar surface area (TPSA) is 40.6 Å². The van der Waals surface area contributed by atoms with Crippen LogP contribution in [0.15, 0.2) is 0 Å². The number of nitrogens with zero attached hydrogens (tertiary/aromatic N) is 2. The number of hydrogen-bond acceptors (Lipinski definition) is 2. The number of carbonyl (C=O) groups is 2. The molecule has 0 aromatic carbocycles.